The Hall–Kier alpha value is -2.22. The lowest BCUT2D eigenvalue weighted by molar-refractivity contribution is -0.872. The average Bonchev–Trinajstić information content (AvgIpc) is 2.88. The van der Waals surface area contributed by atoms with Gasteiger partial charge < -0.3 is 10.2 Å². The van der Waals surface area contributed by atoms with Crippen molar-refractivity contribution >= 4 is 21.6 Å². The molecule has 3 rings (SSSR count). The van der Waals surface area contributed by atoms with Gasteiger partial charge in [-0.3, -0.25) is 4.79 Å². The van der Waals surface area contributed by atoms with Crippen molar-refractivity contribution in [2.75, 3.05) is 19.4 Å². The van der Waals surface area contributed by atoms with Gasteiger partial charge in [0.1, 0.15) is 6.54 Å². The Morgan fingerprint density at radius 2 is 1.73 bits per heavy atom. The summed E-state index contributed by atoms with van der Waals surface area (Å²) >= 11 is 0. The number of hydrogen-bond acceptors (Lipinski definition) is 3. The molecule has 0 spiro atoms. The molecule has 6 nitrogen and oxygen atoms in total. The number of carbonyl (C=O) groups excluding carboxylic acids is 1. The van der Waals surface area contributed by atoms with Crippen LogP contribution in [0.5, 0.6) is 0 Å². The highest BCUT2D eigenvalue weighted by Gasteiger charge is 2.28. The quantitative estimate of drug-likeness (QED) is 0.702. The second-order valence-corrected chi connectivity index (χ2v) is 8.75. The third kappa shape index (κ3) is 3.95. The predicted octanol–water partition coefficient (Wildman–Crippen LogP) is 0.865. The molecule has 26 heavy (non-hydrogen) atoms. The minimum Gasteiger partial charge on any atom is -0.336 e. The molecule has 1 atom stereocenters. The van der Waals surface area contributed by atoms with Crippen molar-refractivity contribution in [1.29, 1.82) is 0 Å². The van der Waals surface area contributed by atoms with Gasteiger partial charge in [0.15, 0.2) is 0 Å². The van der Waals surface area contributed by atoms with Gasteiger partial charge in [-0.1, -0.05) is 24.3 Å². The first kappa shape index (κ1) is 18.6. The van der Waals surface area contributed by atoms with E-state index in [1.54, 1.807) is 19.1 Å². The van der Waals surface area contributed by atoms with E-state index in [2.05, 4.69) is 24.1 Å². The summed E-state index contributed by atoms with van der Waals surface area (Å²) in [4.78, 5) is 13.2. The number of anilines is 1. The monoisotopic (exact) mass is 374 g/mol. The fraction of sp³-hybridized carbons (Fsp3) is 0.316. The highest BCUT2D eigenvalue weighted by molar-refractivity contribution is 7.89. The number of hydrogen-bond donors (Lipinski definition) is 3. The molecule has 1 amide bonds. The van der Waals surface area contributed by atoms with Crippen molar-refractivity contribution in [2.24, 2.45) is 0 Å². The Bertz CT molecular complexity index is 922. The van der Waals surface area contributed by atoms with E-state index in [0.29, 0.717) is 11.3 Å². The lowest BCUT2D eigenvalue weighted by atomic mass is 10.0. The molecule has 0 aromatic heterocycles. The normalized spacial score (nSPS) is 16.6. The first-order valence-electron chi connectivity index (χ1n) is 8.57. The van der Waals surface area contributed by atoms with Crippen molar-refractivity contribution < 1.29 is 18.1 Å². The van der Waals surface area contributed by atoms with Gasteiger partial charge in [-0.05, 0) is 36.2 Å². The number of benzene rings is 2. The Labute approximate surface area is 154 Å². The minimum absolute atomic E-state index is 0.109. The summed E-state index contributed by atoms with van der Waals surface area (Å²) in [6.45, 7) is 2.91. The maximum absolute atomic E-state index is 12.6. The molecule has 7 heteroatoms. The average molecular weight is 374 g/mol. The van der Waals surface area contributed by atoms with E-state index in [0.717, 1.165) is 12.1 Å². The minimum atomic E-state index is -3.64. The van der Waals surface area contributed by atoms with Crippen LogP contribution in [-0.4, -0.2) is 28.4 Å². The van der Waals surface area contributed by atoms with Crippen LogP contribution >= 0.6 is 0 Å². The van der Waals surface area contributed by atoms with Crippen molar-refractivity contribution in [3.05, 3.63) is 59.2 Å². The molecule has 0 saturated heterocycles. The van der Waals surface area contributed by atoms with Crippen molar-refractivity contribution in [1.82, 2.24) is 4.72 Å². The topological polar surface area (TPSA) is 79.7 Å². The summed E-state index contributed by atoms with van der Waals surface area (Å²) < 4.78 is 27.8. The maximum Gasteiger partial charge on any atom is 0.240 e. The number of quaternary nitrogens is 1. The van der Waals surface area contributed by atoms with Gasteiger partial charge in [-0.2, -0.15) is 0 Å². The number of rotatable bonds is 6. The molecule has 0 saturated carbocycles. The number of sulfonamides is 1. The van der Waals surface area contributed by atoms with Crippen LogP contribution < -0.4 is 14.9 Å². The van der Waals surface area contributed by atoms with E-state index in [4.69, 9.17) is 0 Å². The molecule has 2 aromatic carbocycles. The summed E-state index contributed by atoms with van der Waals surface area (Å²) in [5.74, 6) is -0.450. The lowest BCUT2D eigenvalue weighted by Gasteiger charge is -2.10. The smallest absolute Gasteiger partial charge is 0.240 e. The molecular weight excluding hydrogens is 350 g/mol. The van der Waals surface area contributed by atoms with Gasteiger partial charge in [0.05, 0.1) is 24.9 Å². The summed E-state index contributed by atoms with van der Waals surface area (Å²) in [5, 5.41) is 2.75. The molecule has 0 fully saturated rings. The number of fused-ring (bicyclic) bond motifs is 1. The zero-order valence-corrected chi connectivity index (χ0v) is 16.0. The Balaban J connectivity index is 1.71. The largest absolute Gasteiger partial charge is 0.336 e. The predicted molar refractivity (Wildman–Crippen MR) is 100 cm³/mol. The van der Waals surface area contributed by atoms with Crippen LogP contribution in [0.25, 0.3) is 0 Å². The molecule has 1 aliphatic rings. The van der Waals surface area contributed by atoms with Crippen molar-refractivity contribution in [2.45, 2.75) is 30.8 Å². The summed E-state index contributed by atoms with van der Waals surface area (Å²) in [5.41, 5.74) is 3.51. The van der Waals surface area contributed by atoms with Gasteiger partial charge in [0, 0.05) is 17.8 Å². The van der Waals surface area contributed by atoms with Gasteiger partial charge in [-0.15, -0.1) is 0 Å². The second-order valence-electron chi connectivity index (χ2n) is 6.98. The molecule has 3 N–H and O–H groups in total. The van der Waals surface area contributed by atoms with E-state index in [1.165, 1.54) is 16.5 Å². The van der Waals surface area contributed by atoms with Crippen LogP contribution in [0.3, 0.4) is 0 Å². The van der Waals surface area contributed by atoms with Crippen LogP contribution in [-0.2, 0) is 27.9 Å². The zero-order chi connectivity index (χ0) is 18.9. The zero-order valence-electron chi connectivity index (χ0n) is 15.2. The van der Waals surface area contributed by atoms with E-state index >= 15 is 0 Å². The van der Waals surface area contributed by atoms with Crippen LogP contribution in [0.4, 0.5) is 5.69 Å². The van der Waals surface area contributed by atoms with Gasteiger partial charge in [0.2, 0.25) is 15.9 Å². The molecule has 0 aliphatic carbocycles. The van der Waals surface area contributed by atoms with Gasteiger partial charge >= 0.3 is 0 Å². The Kier molecular flexibility index (Phi) is 5.13. The number of amides is 1. The molecular formula is C19H24N3O3S+. The Morgan fingerprint density at radius 3 is 2.38 bits per heavy atom. The molecule has 0 radical (unpaired) electrons. The van der Waals surface area contributed by atoms with Crippen LogP contribution in [0.15, 0.2) is 47.4 Å². The fourth-order valence-electron chi connectivity index (χ4n) is 3.01. The van der Waals surface area contributed by atoms with E-state index < -0.39 is 10.0 Å². The first-order valence-corrected chi connectivity index (χ1v) is 10.1. The maximum atomic E-state index is 12.6. The lowest BCUT2D eigenvalue weighted by Crippen LogP contribution is -3.04. The molecule has 138 valence electrons. The summed E-state index contributed by atoms with van der Waals surface area (Å²) in [6, 6.07) is 12.6. The van der Waals surface area contributed by atoms with Gasteiger partial charge in [-0.25, -0.2) is 13.1 Å². The molecule has 0 bridgehead atoms. The molecule has 2 aromatic rings. The van der Waals surface area contributed by atoms with Crippen LogP contribution in [0.2, 0.25) is 0 Å². The van der Waals surface area contributed by atoms with Gasteiger partial charge in [0.25, 0.3) is 0 Å². The van der Waals surface area contributed by atoms with Crippen molar-refractivity contribution in [3.63, 3.8) is 0 Å². The first-order chi connectivity index (χ1) is 12.3. The summed E-state index contributed by atoms with van der Waals surface area (Å²) in [7, 11) is 0.529. The summed E-state index contributed by atoms with van der Waals surface area (Å²) in [6.07, 6.45) is 0. The van der Waals surface area contributed by atoms with Crippen LogP contribution in [0, 0.1) is 0 Å². The van der Waals surface area contributed by atoms with E-state index in [-0.39, 0.29) is 23.3 Å². The molecule has 1 heterocycles. The molecule has 1 aliphatic heterocycles. The third-order valence-corrected chi connectivity index (χ3v) is 5.90. The molecule has 0 unspecified atom stereocenters. The van der Waals surface area contributed by atoms with E-state index in [1.807, 2.05) is 24.3 Å². The SMILES string of the molecule is C[C@H]1C(=O)Nc2ccc(S(=O)(=O)NCc3ccc(C[NH+](C)C)cc3)cc21. The van der Waals surface area contributed by atoms with Crippen LogP contribution in [0.1, 0.15) is 29.5 Å². The number of carbonyl (C=O) groups is 1. The highest BCUT2D eigenvalue weighted by Crippen LogP contribution is 2.33. The standard InChI is InChI=1S/C19H23N3O3S/c1-13-17-10-16(8-9-18(17)21-19(13)23)26(24,25)20-11-14-4-6-15(7-5-14)12-22(2)3/h4-10,13,20H,11-12H2,1-3H3,(H,21,23)/p+1/t13-/m1/s1. The fourth-order valence-corrected chi connectivity index (χ4v) is 4.06. The third-order valence-electron chi connectivity index (χ3n) is 4.50. The van der Waals surface area contributed by atoms with E-state index in [9.17, 15) is 13.2 Å². The highest BCUT2D eigenvalue weighted by atomic mass is 32.2. The van der Waals surface area contributed by atoms with Crippen molar-refractivity contribution in [3.8, 4) is 0 Å². The second kappa shape index (κ2) is 7.19. The Morgan fingerprint density at radius 1 is 1.08 bits per heavy atom. The number of nitrogens with one attached hydrogen (secondary N) is 3.